The molecule has 2 unspecified atom stereocenters. The van der Waals surface area contributed by atoms with Crippen LogP contribution in [-0.2, 0) is 4.74 Å². The monoisotopic (exact) mass is 353 g/mol. The molecule has 0 bridgehead atoms. The summed E-state index contributed by atoms with van der Waals surface area (Å²) in [5, 5.41) is 17.5. The largest absolute Gasteiger partial charge is 0.388 e. The van der Waals surface area contributed by atoms with Crippen LogP contribution in [0.4, 0.5) is 0 Å². The van der Waals surface area contributed by atoms with Crippen LogP contribution in [-0.4, -0.2) is 49.0 Å². The molecule has 2 atom stereocenters. The molecule has 25 heavy (non-hydrogen) atoms. The van der Waals surface area contributed by atoms with Crippen LogP contribution in [0.25, 0.3) is 0 Å². The minimum atomic E-state index is -0.609. The fraction of sp³-hybridized carbons (Fsp3) is 0.950. The van der Waals surface area contributed by atoms with Crippen molar-refractivity contribution in [2.75, 3.05) is 26.2 Å². The normalized spacial score (nSPS) is 27.8. The first-order valence-corrected chi connectivity index (χ1v) is 10.2. The van der Waals surface area contributed by atoms with E-state index < -0.39 is 5.60 Å². The topological polar surface area (TPSA) is 65.9 Å². The number of nitrogens with one attached hydrogen (secondary N) is 2. The Morgan fingerprint density at radius 2 is 1.88 bits per heavy atom. The first-order valence-electron chi connectivity index (χ1n) is 10.2. The summed E-state index contributed by atoms with van der Waals surface area (Å²) in [6.07, 6.45) is 7.81. The van der Waals surface area contributed by atoms with Crippen molar-refractivity contribution >= 4 is 5.96 Å². The molecule has 0 aromatic heterocycles. The van der Waals surface area contributed by atoms with E-state index in [2.05, 4.69) is 43.3 Å². The number of ether oxygens (including phenoxy) is 1. The molecule has 2 fully saturated rings. The first-order chi connectivity index (χ1) is 11.8. The summed E-state index contributed by atoms with van der Waals surface area (Å²) in [5.74, 6) is 1.31. The minimum Gasteiger partial charge on any atom is -0.388 e. The molecule has 0 aromatic carbocycles. The van der Waals surface area contributed by atoms with E-state index in [4.69, 9.17) is 4.74 Å². The average molecular weight is 354 g/mol. The molecular formula is C20H39N3O2. The van der Waals surface area contributed by atoms with E-state index in [1.165, 1.54) is 12.8 Å². The minimum absolute atomic E-state index is 0.152. The van der Waals surface area contributed by atoms with Crippen molar-refractivity contribution in [1.29, 1.82) is 0 Å². The van der Waals surface area contributed by atoms with E-state index in [0.29, 0.717) is 12.5 Å². The SMILES string of the molecule is CCNC(=NCC1(O)CCCCC1)NCC1CCCOC1C(C)(C)C. The highest BCUT2D eigenvalue weighted by molar-refractivity contribution is 5.79. The maximum absolute atomic E-state index is 10.7. The predicted molar refractivity (Wildman–Crippen MR) is 104 cm³/mol. The van der Waals surface area contributed by atoms with Gasteiger partial charge in [-0.25, -0.2) is 0 Å². The highest BCUT2D eigenvalue weighted by atomic mass is 16.5. The van der Waals surface area contributed by atoms with Gasteiger partial charge in [0.2, 0.25) is 0 Å². The molecule has 146 valence electrons. The molecule has 1 aliphatic carbocycles. The Hall–Kier alpha value is -0.810. The molecule has 0 spiro atoms. The van der Waals surface area contributed by atoms with Crippen molar-refractivity contribution in [2.24, 2.45) is 16.3 Å². The van der Waals surface area contributed by atoms with Gasteiger partial charge in [-0.05, 0) is 38.0 Å². The van der Waals surface area contributed by atoms with Crippen LogP contribution in [0.1, 0.15) is 72.6 Å². The van der Waals surface area contributed by atoms with E-state index in [9.17, 15) is 5.11 Å². The molecule has 5 nitrogen and oxygen atoms in total. The zero-order valence-corrected chi connectivity index (χ0v) is 16.7. The molecule has 1 saturated heterocycles. The van der Waals surface area contributed by atoms with Gasteiger partial charge < -0.3 is 20.5 Å². The van der Waals surface area contributed by atoms with Crippen molar-refractivity contribution in [1.82, 2.24) is 10.6 Å². The Balaban J connectivity index is 1.92. The number of aliphatic hydroxyl groups is 1. The number of rotatable bonds is 5. The zero-order chi connectivity index (χ0) is 18.3. The van der Waals surface area contributed by atoms with Crippen LogP contribution >= 0.6 is 0 Å². The van der Waals surface area contributed by atoms with E-state index in [0.717, 1.165) is 57.8 Å². The maximum atomic E-state index is 10.7. The lowest BCUT2D eigenvalue weighted by molar-refractivity contribution is -0.0835. The summed E-state index contributed by atoms with van der Waals surface area (Å²) >= 11 is 0. The molecule has 2 aliphatic rings. The van der Waals surface area contributed by atoms with E-state index >= 15 is 0 Å². The number of nitrogens with zero attached hydrogens (tertiary/aromatic N) is 1. The van der Waals surface area contributed by atoms with Crippen LogP contribution in [0.5, 0.6) is 0 Å². The lowest BCUT2D eigenvalue weighted by Gasteiger charge is -2.40. The first kappa shape index (κ1) is 20.5. The summed E-state index contributed by atoms with van der Waals surface area (Å²) in [6, 6.07) is 0. The third kappa shape index (κ3) is 6.45. The van der Waals surface area contributed by atoms with Gasteiger partial charge in [0.15, 0.2) is 5.96 Å². The van der Waals surface area contributed by atoms with Gasteiger partial charge in [0.05, 0.1) is 18.2 Å². The third-order valence-corrected chi connectivity index (χ3v) is 5.49. The highest BCUT2D eigenvalue weighted by Crippen LogP contribution is 2.33. The Morgan fingerprint density at radius 1 is 1.16 bits per heavy atom. The molecule has 5 heteroatoms. The fourth-order valence-corrected chi connectivity index (χ4v) is 4.17. The molecule has 0 aromatic rings. The molecule has 0 radical (unpaired) electrons. The average Bonchev–Trinajstić information content (AvgIpc) is 2.57. The predicted octanol–water partition coefficient (Wildman–Crippen LogP) is 3.08. The lowest BCUT2D eigenvalue weighted by Crippen LogP contribution is -2.48. The van der Waals surface area contributed by atoms with Crippen LogP contribution in [0, 0.1) is 11.3 Å². The molecule has 2 rings (SSSR count). The third-order valence-electron chi connectivity index (χ3n) is 5.49. The van der Waals surface area contributed by atoms with Gasteiger partial charge in [-0.15, -0.1) is 0 Å². The second kappa shape index (κ2) is 9.22. The quantitative estimate of drug-likeness (QED) is 0.525. The maximum Gasteiger partial charge on any atom is 0.191 e. The van der Waals surface area contributed by atoms with Crippen molar-refractivity contribution in [3.05, 3.63) is 0 Å². The zero-order valence-electron chi connectivity index (χ0n) is 16.7. The summed E-state index contributed by atoms with van der Waals surface area (Å²) < 4.78 is 6.08. The van der Waals surface area contributed by atoms with Gasteiger partial charge in [-0.3, -0.25) is 4.99 Å². The van der Waals surface area contributed by atoms with Gasteiger partial charge in [-0.2, -0.15) is 0 Å². The van der Waals surface area contributed by atoms with E-state index in [1.54, 1.807) is 0 Å². The van der Waals surface area contributed by atoms with Crippen LogP contribution in [0.15, 0.2) is 4.99 Å². The summed E-state index contributed by atoms with van der Waals surface area (Å²) in [6.45, 7) is 11.9. The highest BCUT2D eigenvalue weighted by Gasteiger charge is 2.35. The number of hydrogen-bond acceptors (Lipinski definition) is 3. The van der Waals surface area contributed by atoms with Gasteiger partial charge in [0, 0.05) is 25.6 Å². The molecular weight excluding hydrogens is 314 g/mol. The molecule has 0 amide bonds. The van der Waals surface area contributed by atoms with Crippen molar-refractivity contribution in [3.8, 4) is 0 Å². The smallest absolute Gasteiger partial charge is 0.191 e. The Kier molecular flexibility index (Phi) is 7.56. The van der Waals surface area contributed by atoms with Crippen LogP contribution in [0.3, 0.4) is 0 Å². The second-order valence-corrected chi connectivity index (χ2v) is 8.92. The molecule has 3 N–H and O–H groups in total. The Morgan fingerprint density at radius 3 is 2.52 bits per heavy atom. The van der Waals surface area contributed by atoms with Gasteiger partial charge in [0.25, 0.3) is 0 Å². The summed E-state index contributed by atoms with van der Waals surface area (Å²) in [5.41, 5.74) is -0.456. The molecule has 1 aliphatic heterocycles. The Bertz CT molecular complexity index is 425. The van der Waals surface area contributed by atoms with Crippen molar-refractivity contribution in [3.63, 3.8) is 0 Å². The molecule has 1 heterocycles. The van der Waals surface area contributed by atoms with Gasteiger partial charge in [-0.1, -0.05) is 40.0 Å². The van der Waals surface area contributed by atoms with Crippen LogP contribution < -0.4 is 10.6 Å². The van der Waals surface area contributed by atoms with Gasteiger partial charge >= 0.3 is 0 Å². The number of hydrogen-bond donors (Lipinski definition) is 3. The van der Waals surface area contributed by atoms with Crippen molar-refractivity contribution in [2.45, 2.75) is 84.3 Å². The summed E-state index contributed by atoms with van der Waals surface area (Å²) in [7, 11) is 0. The second-order valence-electron chi connectivity index (χ2n) is 8.92. The van der Waals surface area contributed by atoms with Gasteiger partial charge in [0.1, 0.15) is 0 Å². The Labute approximate surface area is 154 Å². The van der Waals surface area contributed by atoms with Crippen LogP contribution in [0.2, 0.25) is 0 Å². The van der Waals surface area contributed by atoms with Crippen molar-refractivity contribution < 1.29 is 9.84 Å². The number of aliphatic imine (C=N–C) groups is 1. The van der Waals surface area contributed by atoms with E-state index in [-0.39, 0.29) is 11.5 Å². The lowest BCUT2D eigenvalue weighted by atomic mass is 9.78. The summed E-state index contributed by atoms with van der Waals surface area (Å²) in [4.78, 5) is 4.68. The fourth-order valence-electron chi connectivity index (χ4n) is 4.17. The molecule has 1 saturated carbocycles. The number of guanidine groups is 1. The standard InChI is InChI=1S/C20H39N3O2/c1-5-21-18(23-15-20(24)11-7-6-8-12-20)22-14-16-10-9-13-25-17(16)19(2,3)4/h16-17,24H,5-15H2,1-4H3,(H2,21,22,23). The van der Waals surface area contributed by atoms with E-state index in [1.807, 2.05) is 0 Å².